The fourth-order valence-corrected chi connectivity index (χ4v) is 2.93. The monoisotopic (exact) mass is 243 g/mol. The summed E-state index contributed by atoms with van der Waals surface area (Å²) in [6.45, 7) is 1.67. The van der Waals surface area contributed by atoms with E-state index < -0.39 is 0 Å². The summed E-state index contributed by atoms with van der Waals surface area (Å²) in [5, 5.41) is 0. The third kappa shape index (κ3) is 2.00. The molecule has 0 radical (unpaired) electrons. The van der Waals surface area contributed by atoms with Gasteiger partial charge in [0.2, 0.25) is 6.08 Å². The Hall–Kier alpha value is -1.44. The molecular formula is C15H17NO2. The average Bonchev–Trinajstić information content (AvgIpc) is 3.21. The van der Waals surface area contributed by atoms with Gasteiger partial charge in [0.1, 0.15) is 0 Å². The first-order valence-corrected chi connectivity index (χ1v) is 6.62. The summed E-state index contributed by atoms with van der Waals surface area (Å²) in [5.41, 5.74) is 2.34. The van der Waals surface area contributed by atoms with Gasteiger partial charge in [0, 0.05) is 13.2 Å². The normalized spacial score (nSPS) is 22.2. The van der Waals surface area contributed by atoms with Gasteiger partial charge in [-0.1, -0.05) is 24.3 Å². The Balaban J connectivity index is 1.97. The summed E-state index contributed by atoms with van der Waals surface area (Å²) in [5.74, 6) is 0.550. The molecule has 3 nitrogen and oxygen atoms in total. The van der Waals surface area contributed by atoms with Crippen molar-refractivity contribution in [2.45, 2.75) is 37.1 Å². The SMILES string of the molecule is O=C=NC1(c2ccccc2C2CCOCC2)CC1. The predicted octanol–water partition coefficient (Wildman–Crippen LogP) is 2.91. The number of carbonyl (C=O) groups excluding carboxylic acids is 1. The highest BCUT2D eigenvalue weighted by Gasteiger charge is 2.46. The Labute approximate surface area is 107 Å². The molecule has 2 aliphatic rings. The zero-order valence-electron chi connectivity index (χ0n) is 10.4. The van der Waals surface area contributed by atoms with Crippen LogP contribution in [-0.4, -0.2) is 19.3 Å². The zero-order chi connectivity index (χ0) is 12.4. The van der Waals surface area contributed by atoms with E-state index in [4.69, 9.17) is 4.74 Å². The van der Waals surface area contributed by atoms with Crippen molar-refractivity contribution in [2.75, 3.05) is 13.2 Å². The molecule has 18 heavy (non-hydrogen) atoms. The van der Waals surface area contributed by atoms with Crippen molar-refractivity contribution in [1.29, 1.82) is 0 Å². The first-order valence-electron chi connectivity index (χ1n) is 6.62. The van der Waals surface area contributed by atoms with Gasteiger partial charge >= 0.3 is 0 Å². The summed E-state index contributed by atoms with van der Waals surface area (Å²) in [7, 11) is 0. The fourth-order valence-electron chi connectivity index (χ4n) is 2.93. The molecule has 1 heterocycles. The lowest BCUT2D eigenvalue weighted by molar-refractivity contribution is 0.0850. The van der Waals surface area contributed by atoms with Crippen molar-refractivity contribution in [3.63, 3.8) is 0 Å². The number of hydrogen-bond donors (Lipinski definition) is 0. The van der Waals surface area contributed by atoms with Crippen molar-refractivity contribution in [3.8, 4) is 0 Å². The second-order valence-corrected chi connectivity index (χ2v) is 5.21. The van der Waals surface area contributed by atoms with Gasteiger partial charge in [0.15, 0.2) is 0 Å². The van der Waals surface area contributed by atoms with Crippen molar-refractivity contribution in [3.05, 3.63) is 35.4 Å². The van der Waals surface area contributed by atoms with Crippen LogP contribution in [0, 0.1) is 0 Å². The third-order valence-electron chi connectivity index (χ3n) is 4.11. The van der Waals surface area contributed by atoms with E-state index in [9.17, 15) is 4.79 Å². The minimum Gasteiger partial charge on any atom is -0.381 e. The first kappa shape index (κ1) is 11.6. The quantitative estimate of drug-likeness (QED) is 0.604. The predicted molar refractivity (Wildman–Crippen MR) is 68.3 cm³/mol. The van der Waals surface area contributed by atoms with Gasteiger partial charge < -0.3 is 4.74 Å². The van der Waals surface area contributed by atoms with Crippen LogP contribution in [0.5, 0.6) is 0 Å². The molecule has 3 heteroatoms. The summed E-state index contributed by atoms with van der Waals surface area (Å²) in [6.07, 6.45) is 5.83. The van der Waals surface area contributed by atoms with E-state index in [-0.39, 0.29) is 5.54 Å². The molecule has 0 spiro atoms. The van der Waals surface area contributed by atoms with Crippen LogP contribution >= 0.6 is 0 Å². The standard InChI is InChI=1S/C15H17NO2/c17-11-16-15(7-8-15)14-4-2-1-3-13(14)12-5-9-18-10-6-12/h1-4,12H,5-10H2. The van der Waals surface area contributed by atoms with Gasteiger partial charge in [-0.25, -0.2) is 4.79 Å². The largest absolute Gasteiger partial charge is 0.381 e. The molecule has 1 aliphatic heterocycles. The second kappa shape index (κ2) is 4.68. The van der Waals surface area contributed by atoms with E-state index in [2.05, 4.69) is 23.2 Å². The molecule has 3 rings (SSSR count). The van der Waals surface area contributed by atoms with Crippen LogP contribution < -0.4 is 0 Å². The van der Waals surface area contributed by atoms with Crippen LogP contribution in [0.2, 0.25) is 0 Å². The van der Waals surface area contributed by atoms with Crippen molar-refractivity contribution in [2.24, 2.45) is 4.99 Å². The lowest BCUT2D eigenvalue weighted by atomic mass is 9.85. The molecule has 94 valence electrons. The van der Waals surface area contributed by atoms with E-state index >= 15 is 0 Å². The Morgan fingerprint density at radius 1 is 1.22 bits per heavy atom. The summed E-state index contributed by atoms with van der Waals surface area (Å²) in [4.78, 5) is 14.7. The van der Waals surface area contributed by atoms with Gasteiger partial charge in [-0.3, -0.25) is 0 Å². The molecule has 0 unspecified atom stereocenters. The molecule has 1 saturated heterocycles. The van der Waals surface area contributed by atoms with Crippen molar-refractivity contribution >= 4 is 6.08 Å². The molecule has 1 aromatic rings. The lowest BCUT2D eigenvalue weighted by Gasteiger charge is -2.26. The molecule has 0 atom stereocenters. The van der Waals surface area contributed by atoms with Crippen molar-refractivity contribution < 1.29 is 9.53 Å². The molecule has 1 aromatic carbocycles. The average molecular weight is 243 g/mol. The number of isocyanates is 1. The Bertz CT molecular complexity index is 481. The summed E-state index contributed by atoms with van der Waals surface area (Å²) in [6, 6.07) is 8.43. The second-order valence-electron chi connectivity index (χ2n) is 5.21. The van der Waals surface area contributed by atoms with Gasteiger partial charge in [-0.15, -0.1) is 0 Å². The Kier molecular flexibility index (Phi) is 3.02. The van der Waals surface area contributed by atoms with E-state index in [0.29, 0.717) is 5.92 Å². The fraction of sp³-hybridized carbons (Fsp3) is 0.533. The minimum absolute atomic E-state index is 0.253. The van der Waals surface area contributed by atoms with Crippen molar-refractivity contribution in [1.82, 2.24) is 0 Å². The Morgan fingerprint density at radius 2 is 1.94 bits per heavy atom. The molecule has 1 saturated carbocycles. The minimum atomic E-state index is -0.253. The first-order chi connectivity index (χ1) is 8.86. The number of nitrogens with zero attached hydrogens (tertiary/aromatic N) is 1. The van der Waals surface area contributed by atoms with Crippen LogP contribution in [0.4, 0.5) is 0 Å². The van der Waals surface area contributed by atoms with Gasteiger partial charge in [0.25, 0.3) is 0 Å². The number of rotatable bonds is 3. The van der Waals surface area contributed by atoms with Crippen LogP contribution in [0.1, 0.15) is 42.7 Å². The molecular weight excluding hydrogens is 226 g/mol. The highest BCUT2D eigenvalue weighted by atomic mass is 16.5. The van der Waals surface area contributed by atoms with E-state index in [1.54, 1.807) is 6.08 Å². The Morgan fingerprint density at radius 3 is 2.61 bits per heavy atom. The van der Waals surface area contributed by atoms with Crippen LogP contribution in [0.25, 0.3) is 0 Å². The van der Waals surface area contributed by atoms with Crippen LogP contribution in [0.15, 0.2) is 29.3 Å². The van der Waals surface area contributed by atoms with E-state index in [1.807, 2.05) is 6.07 Å². The third-order valence-corrected chi connectivity index (χ3v) is 4.11. The maximum absolute atomic E-state index is 10.6. The number of benzene rings is 1. The maximum atomic E-state index is 10.6. The molecule has 2 fully saturated rings. The highest BCUT2D eigenvalue weighted by molar-refractivity contribution is 5.45. The number of aliphatic imine (C=N–C) groups is 1. The molecule has 0 aromatic heterocycles. The molecule has 0 bridgehead atoms. The van der Waals surface area contributed by atoms with Gasteiger partial charge in [-0.05, 0) is 42.7 Å². The van der Waals surface area contributed by atoms with Gasteiger partial charge in [-0.2, -0.15) is 4.99 Å². The maximum Gasteiger partial charge on any atom is 0.235 e. The van der Waals surface area contributed by atoms with Crippen LogP contribution in [0.3, 0.4) is 0 Å². The smallest absolute Gasteiger partial charge is 0.235 e. The van der Waals surface area contributed by atoms with Crippen LogP contribution in [-0.2, 0) is 15.1 Å². The number of ether oxygens (including phenoxy) is 1. The molecule has 0 N–H and O–H groups in total. The number of hydrogen-bond acceptors (Lipinski definition) is 3. The molecule has 0 amide bonds. The lowest BCUT2D eigenvalue weighted by Crippen LogP contribution is -2.17. The summed E-state index contributed by atoms with van der Waals surface area (Å²) >= 11 is 0. The van der Waals surface area contributed by atoms with E-state index in [0.717, 1.165) is 38.9 Å². The topological polar surface area (TPSA) is 38.7 Å². The molecule has 1 aliphatic carbocycles. The summed E-state index contributed by atoms with van der Waals surface area (Å²) < 4.78 is 5.42. The van der Waals surface area contributed by atoms with E-state index in [1.165, 1.54) is 11.1 Å². The highest BCUT2D eigenvalue weighted by Crippen LogP contribution is 2.51. The van der Waals surface area contributed by atoms with Gasteiger partial charge in [0.05, 0.1) is 5.54 Å². The zero-order valence-corrected chi connectivity index (χ0v) is 10.4.